The number of halogens is 1. The van der Waals surface area contributed by atoms with E-state index in [1.807, 2.05) is 18.2 Å². The van der Waals surface area contributed by atoms with E-state index in [-0.39, 0.29) is 23.9 Å². The number of carbonyl (C=O) groups excluding carboxylic acids is 1. The molecule has 122 valence electrons. The van der Waals surface area contributed by atoms with Crippen molar-refractivity contribution in [2.45, 2.75) is 38.3 Å². The standard InChI is InChI=1S/C15H21ClN2O3S/c1-10(7-8-22(2,20)21)17-15(19)18-14-6-3-11-9-12(16)4-5-13(11)14/h4-5,9-10,14H,3,6-8H2,1-2H3,(H2,17,18,19)/t10-,14-/m0/s1. The van der Waals surface area contributed by atoms with Crippen molar-refractivity contribution in [1.82, 2.24) is 10.6 Å². The van der Waals surface area contributed by atoms with E-state index in [0.717, 1.165) is 18.4 Å². The van der Waals surface area contributed by atoms with Crippen LogP contribution in [0.2, 0.25) is 5.02 Å². The molecule has 1 aromatic carbocycles. The van der Waals surface area contributed by atoms with Crippen molar-refractivity contribution in [2.24, 2.45) is 0 Å². The summed E-state index contributed by atoms with van der Waals surface area (Å²) in [6.07, 6.45) is 3.34. The first-order valence-electron chi connectivity index (χ1n) is 7.27. The Bertz CT molecular complexity index is 661. The van der Waals surface area contributed by atoms with Crippen LogP contribution in [0.1, 0.15) is 36.9 Å². The SMILES string of the molecule is C[C@@H](CCS(C)(=O)=O)NC(=O)N[C@H]1CCc2cc(Cl)ccc21. The van der Waals surface area contributed by atoms with Crippen LogP contribution in [0.5, 0.6) is 0 Å². The Balaban J connectivity index is 1.86. The Hall–Kier alpha value is -1.27. The summed E-state index contributed by atoms with van der Waals surface area (Å²) in [5.74, 6) is 0.0687. The van der Waals surface area contributed by atoms with Gasteiger partial charge in [0.15, 0.2) is 0 Å². The van der Waals surface area contributed by atoms with Gasteiger partial charge in [0, 0.05) is 17.3 Å². The van der Waals surface area contributed by atoms with Crippen LogP contribution < -0.4 is 10.6 Å². The number of carbonyl (C=O) groups is 1. The fraction of sp³-hybridized carbons (Fsp3) is 0.533. The third-order valence-corrected chi connectivity index (χ3v) is 5.00. The highest BCUT2D eigenvalue weighted by Crippen LogP contribution is 2.32. The maximum atomic E-state index is 12.0. The molecule has 2 atom stereocenters. The molecular formula is C15H21ClN2O3S. The summed E-state index contributed by atoms with van der Waals surface area (Å²) in [5.41, 5.74) is 2.27. The Morgan fingerprint density at radius 3 is 2.86 bits per heavy atom. The van der Waals surface area contributed by atoms with E-state index in [2.05, 4.69) is 10.6 Å². The van der Waals surface area contributed by atoms with Gasteiger partial charge in [0.1, 0.15) is 9.84 Å². The topological polar surface area (TPSA) is 75.3 Å². The van der Waals surface area contributed by atoms with Crippen molar-refractivity contribution in [3.63, 3.8) is 0 Å². The van der Waals surface area contributed by atoms with Crippen LogP contribution in [-0.2, 0) is 16.3 Å². The summed E-state index contributed by atoms with van der Waals surface area (Å²) >= 11 is 5.97. The zero-order chi connectivity index (χ0) is 16.3. The first-order valence-corrected chi connectivity index (χ1v) is 9.71. The quantitative estimate of drug-likeness (QED) is 0.861. The van der Waals surface area contributed by atoms with E-state index in [4.69, 9.17) is 11.6 Å². The summed E-state index contributed by atoms with van der Waals surface area (Å²) in [5, 5.41) is 6.43. The number of sulfone groups is 1. The lowest BCUT2D eigenvalue weighted by atomic mass is 10.1. The molecule has 22 heavy (non-hydrogen) atoms. The Morgan fingerprint density at radius 1 is 1.45 bits per heavy atom. The van der Waals surface area contributed by atoms with E-state index in [0.29, 0.717) is 11.4 Å². The van der Waals surface area contributed by atoms with Gasteiger partial charge in [0.05, 0.1) is 11.8 Å². The van der Waals surface area contributed by atoms with Crippen molar-refractivity contribution >= 4 is 27.5 Å². The molecule has 0 aromatic heterocycles. The Morgan fingerprint density at radius 2 is 2.18 bits per heavy atom. The number of amides is 2. The number of urea groups is 1. The van der Waals surface area contributed by atoms with Gasteiger partial charge in [-0.1, -0.05) is 17.7 Å². The van der Waals surface area contributed by atoms with Gasteiger partial charge in [-0.05, 0) is 49.4 Å². The molecule has 0 unspecified atom stereocenters. The molecule has 0 saturated carbocycles. The van der Waals surface area contributed by atoms with Crippen LogP contribution in [0.3, 0.4) is 0 Å². The molecule has 0 heterocycles. The number of aryl methyl sites for hydroxylation is 1. The first-order chi connectivity index (χ1) is 10.2. The molecule has 1 aliphatic rings. The number of rotatable bonds is 5. The third-order valence-electron chi connectivity index (χ3n) is 3.79. The van der Waals surface area contributed by atoms with Gasteiger partial charge in [-0.25, -0.2) is 13.2 Å². The van der Waals surface area contributed by atoms with Crippen molar-refractivity contribution in [3.8, 4) is 0 Å². The summed E-state index contributed by atoms with van der Waals surface area (Å²) < 4.78 is 22.3. The number of fused-ring (bicyclic) bond motifs is 1. The minimum atomic E-state index is -3.01. The van der Waals surface area contributed by atoms with Gasteiger partial charge >= 0.3 is 6.03 Å². The van der Waals surface area contributed by atoms with Gasteiger partial charge in [-0.3, -0.25) is 0 Å². The molecular weight excluding hydrogens is 324 g/mol. The second-order valence-electron chi connectivity index (χ2n) is 5.87. The van der Waals surface area contributed by atoms with Gasteiger partial charge < -0.3 is 10.6 Å². The van der Waals surface area contributed by atoms with Crippen LogP contribution in [0.15, 0.2) is 18.2 Å². The molecule has 2 rings (SSSR count). The van der Waals surface area contributed by atoms with Crippen molar-refractivity contribution in [1.29, 1.82) is 0 Å². The van der Waals surface area contributed by atoms with Gasteiger partial charge in [0.2, 0.25) is 0 Å². The molecule has 0 spiro atoms. The zero-order valence-electron chi connectivity index (χ0n) is 12.7. The average molecular weight is 345 g/mol. The number of hydrogen-bond acceptors (Lipinski definition) is 3. The van der Waals surface area contributed by atoms with Crippen LogP contribution in [0, 0.1) is 0 Å². The molecule has 0 bridgehead atoms. The maximum Gasteiger partial charge on any atom is 0.315 e. The zero-order valence-corrected chi connectivity index (χ0v) is 14.3. The fourth-order valence-electron chi connectivity index (χ4n) is 2.62. The molecule has 1 aliphatic carbocycles. The highest BCUT2D eigenvalue weighted by atomic mass is 35.5. The highest BCUT2D eigenvalue weighted by molar-refractivity contribution is 7.90. The molecule has 7 heteroatoms. The van der Waals surface area contributed by atoms with Crippen molar-refractivity contribution in [3.05, 3.63) is 34.3 Å². The van der Waals surface area contributed by atoms with E-state index in [9.17, 15) is 13.2 Å². The van der Waals surface area contributed by atoms with Crippen LogP contribution >= 0.6 is 11.6 Å². The molecule has 0 fully saturated rings. The van der Waals surface area contributed by atoms with Crippen LogP contribution in [0.25, 0.3) is 0 Å². The summed E-state index contributed by atoms with van der Waals surface area (Å²) in [7, 11) is -3.01. The smallest absolute Gasteiger partial charge is 0.315 e. The van der Waals surface area contributed by atoms with Crippen LogP contribution in [0.4, 0.5) is 4.79 Å². The molecule has 2 N–H and O–H groups in total. The maximum absolute atomic E-state index is 12.0. The molecule has 1 aromatic rings. The fourth-order valence-corrected chi connectivity index (χ4v) is 3.60. The highest BCUT2D eigenvalue weighted by Gasteiger charge is 2.24. The second kappa shape index (κ2) is 6.87. The molecule has 2 amide bonds. The van der Waals surface area contributed by atoms with Crippen molar-refractivity contribution < 1.29 is 13.2 Å². The van der Waals surface area contributed by atoms with E-state index in [1.165, 1.54) is 11.8 Å². The summed E-state index contributed by atoms with van der Waals surface area (Å²) in [6.45, 7) is 1.80. The van der Waals surface area contributed by atoms with Crippen LogP contribution in [-0.4, -0.2) is 32.5 Å². The molecule has 0 aliphatic heterocycles. The largest absolute Gasteiger partial charge is 0.336 e. The molecule has 5 nitrogen and oxygen atoms in total. The molecule has 0 saturated heterocycles. The van der Waals surface area contributed by atoms with E-state index < -0.39 is 9.84 Å². The third kappa shape index (κ3) is 4.88. The average Bonchev–Trinajstić information content (AvgIpc) is 2.78. The summed E-state index contributed by atoms with van der Waals surface area (Å²) in [6, 6.07) is 5.23. The lowest BCUT2D eigenvalue weighted by Crippen LogP contribution is -2.42. The van der Waals surface area contributed by atoms with E-state index in [1.54, 1.807) is 6.92 Å². The number of benzene rings is 1. The lowest BCUT2D eigenvalue weighted by molar-refractivity contribution is 0.233. The normalized spacial score (nSPS) is 18.6. The van der Waals surface area contributed by atoms with Gasteiger partial charge in [0.25, 0.3) is 0 Å². The minimum Gasteiger partial charge on any atom is -0.336 e. The minimum absolute atomic E-state index is 0.0191. The first kappa shape index (κ1) is 17.1. The number of hydrogen-bond donors (Lipinski definition) is 2. The predicted molar refractivity (Wildman–Crippen MR) is 88.0 cm³/mol. The molecule has 0 radical (unpaired) electrons. The van der Waals surface area contributed by atoms with Gasteiger partial charge in [-0.15, -0.1) is 0 Å². The lowest BCUT2D eigenvalue weighted by Gasteiger charge is -2.18. The monoisotopic (exact) mass is 344 g/mol. The van der Waals surface area contributed by atoms with E-state index >= 15 is 0 Å². The van der Waals surface area contributed by atoms with Crippen molar-refractivity contribution in [2.75, 3.05) is 12.0 Å². The Labute approximate surface area is 136 Å². The number of nitrogens with one attached hydrogen (secondary N) is 2. The second-order valence-corrected chi connectivity index (χ2v) is 8.57. The predicted octanol–water partition coefficient (Wildman–Crippen LogP) is 2.45. The summed E-state index contributed by atoms with van der Waals surface area (Å²) in [4.78, 5) is 12.0. The Kier molecular flexibility index (Phi) is 5.34. The van der Waals surface area contributed by atoms with Gasteiger partial charge in [-0.2, -0.15) is 0 Å².